The molecule has 1 aliphatic rings. The quantitative estimate of drug-likeness (QED) is 0.576. The number of carbonyl (C=O) groups excluding carboxylic acids is 4. The second-order valence-corrected chi connectivity index (χ2v) is 6.68. The number of esters is 1. The highest BCUT2D eigenvalue weighted by Crippen LogP contribution is 2.27. The van der Waals surface area contributed by atoms with E-state index in [2.05, 4.69) is 5.32 Å². The Bertz CT molecular complexity index is 868. The molecule has 28 heavy (non-hydrogen) atoms. The fourth-order valence-electron chi connectivity index (χ4n) is 3.01. The molecule has 0 saturated carbocycles. The van der Waals surface area contributed by atoms with Crippen LogP contribution < -0.4 is 5.32 Å². The zero-order valence-electron chi connectivity index (χ0n) is 15.5. The fraction of sp³-hybridized carbons (Fsp3) is 0.300. The Balaban J connectivity index is 1.64. The molecule has 1 atom stereocenters. The van der Waals surface area contributed by atoms with E-state index in [9.17, 15) is 19.2 Å². The Kier molecular flexibility index (Phi) is 5.58. The summed E-state index contributed by atoms with van der Waals surface area (Å²) in [4.78, 5) is 50.7. The molecule has 2 aromatic rings. The van der Waals surface area contributed by atoms with Crippen molar-refractivity contribution >= 4 is 23.7 Å². The molecule has 1 aromatic heterocycles. The highest BCUT2D eigenvalue weighted by atomic mass is 16.5. The van der Waals surface area contributed by atoms with E-state index >= 15 is 0 Å². The summed E-state index contributed by atoms with van der Waals surface area (Å²) < 4.78 is 10.2. The number of imide groups is 1. The van der Waals surface area contributed by atoms with Gasteiger partial charge in [0, 0.05) is 0 Å². The van der Waals surface area contributed by atoms with E-state index in [1.165, 1.54) is 6.26 Å². The van der Waals surface area contributed by atoms with Crippen molar-refractivity contribution in [3.63, 3.8) is 0 Å². The first kappa shape index (κ1) is 19.3. The van der Waals surface area contributed by atoms with Crippen molar-refractivity contribution in [3.05, 3.63) is 59.5 Å². The number of nitrogens with zero attached hydrogens (tertiary/aromatic N) is 1. The Morgan fingerprint density at radius 3 is 2.25 bits per heavy atom. The summed E-state index contributed by atoms with van der Waals surface area (Å²) >= 11 is 0. The highest BCUT2D eigenvalue weighted by molar-refractivity contribution is 6.22. The van der Waals surface area contributed by atoms with Gasteiger partial charge in [-0.1, -0.05) is 26.0 Å². The normalized spacial score (nSPS) is 14.2. The van der Waals surface area contributed by atoms with Gasteiger partial charge in [-0.15, -0.1) is 0 Å². The van der Waals surface area contributed by atoms with Crippen LogP contribution in [0, 0.1) is 5.92 Å². The van der Waals surface area contributed by atoms with Gasteiger partial charge in [-0.25, -0.2) is 4.79 Å². The van der Waals surface area contributed by atoms with Crippen LogP contribution in [0.15, 0.2) is 47.1 Å². The number of rotatable bonds is 7. The summed E-state index contributed by atoms with van der Waals surface area (Å²) in [6.45, 7) is 3.04. The Morgan fingerprint density at radius 2 is 1.71 bits per heavy atom. The lowest BCUT2D eigenvalue weighted by molar-refractivity contribution is -0.153. The van der Waals surface area contributed by atoms with E-state index in [0.717, 1.165) is 4.90 Å². The molecule has 146 valence electrons. The van der Waals surface area contributed by atoms with Gasteiger partial charge >= 0.3 is 5.97 Å². The van der Waals surface area contributed by atoms with Gasteiger partial charge in [0.25, 0.3) is 17.7 Å². The predicted molar refractivity (Wildman–Crippen MR) is 97.1 cm³/mol. The van der Waals surface area contributed by atoms with Crippen LogP contribution in [0.4, 0.5) is 0 Å². The molecule has 3 amide bonds. The maximum atomic E-state index is 12.6. The van der Waals surface area contributed by atoms with Crippen LogP contribution in [0.1, 0.15) is 40.3 Å². The van der Waals surface area contributed by atoms with Crippen LogP contribution in [-0.2, 0) is 20.9 Å². The van der Waals surface area contributed by atoms with Gasteiger partial charge in [0.05, 0.1) is 23.9 Å². The number of hydrogen-bond donors (Lipinski definition) is 1. The number of amides is 3. The molecule has 8 nitrogen and oxygen atoms in total. The van der Waals surface area contributed by atoms with Crippen LogP contribution >= 0.6 is 0 Å². The zero-order valence-corrected chi connectivity index (χ0v) is 15.5. The van der Waals surface area contributed by atoms with Crippen LogP contribution in [0.2, 0.25) is 0 Å². The second kappa shape index (κ2) is 8.08. The molecule has 1 N–H and O–H groups in total. The Morgan fingerprint density at radius 1 is 1.07 bits per heavy atom. The summed E-state index contributed by atoms with van der Waals surface area (Å²) in [6, 6.07) is 8.66. The smallest absolute Gasteiger partial charge is 0.330 e. The first-order chi connectivity index (χ1) is 13.4. The molecule has 0 bridgehead atoms. The van der Waals surface area contributed by atoms with Crippen molar-refractivity contribution in [2.24, 2.45) is 5.92 Å². The Labute approximate surface area is 161 Å². The second-order valence-electron chi connectivity index (χ2n) is 6.68. The maximum Gasteiger partial charge on any atom is 0.330 e. The molecule has 1 aromatic carbocycles. The molecule has 2 heterocycles. The highest BCUT2D eigenvalue weighted by Gasteiger charge is 2.44. The summed E-state index contributed by atoms with van der Waals surface area (Å²) in [5, 5.41) is 2.55. The van der Waals surface area contributed by atoms with Crippen molar-refractivity contribution in [1.82, 2.24) is 10.2 Å². The van der Waals surface area contributed by atoms with Crippen molar-refractivity contribution in [2.75, 3.05) is 6.61 Å². The van der Waals surface area contributed by atoms with E-state index in [1.807, 2.05) is 0 Å². The number of fused-ring (bicyclic) bond motifs is 1. The van der Waals surface area contributed by atoms with Crippen molar-refractivity contribution in [3.8, 4) is 0 Å². The molecule has 0 saturated heterocycles. The van der Waals surface area contributed by atoms with Crippen molar-refractivity contribution < 1.29 is 28.3 Å². The standard InChI is InChI=1S/C20H20N2O6/c1-12(2)17(22-18(24)14-7-3-4-8-15(14)19(22)25)20(26)28-11-16(23)21-10-13-6-5-9-27-13/h3-9,12,17H,10-11H2,1-2H3,(H,21,23)/t17-/m0/s1. The average molecular weight is 384 g/mol. The van der Waals surface area contributed by atoms with Gasteiger partial charge in [-0.3, -0.25) is 19.3 Å². The van der Waals surface area contributed by atoms with E-state index < -0.39 is 36.3 Å². The van der Waals surface area contributed by atoms with Crippen LogP contribution in [0.25, 0.3) is 0 Å². The Hall–Kier alpha value is -3.42. The number of furan rings is 1. The number of ether oxygens (including phenoxy) is 1. The summed E-state index contributed by atoms with van der Waals surface area (Å²) in [5.74, 6) is -2.24. The van der Waals surface area contributed by atoms with Gasteiger partial charge in [0.15, 0.2) is 6.61 Å². The maximum absolute atomic E-state index is 12.6. The van der Waals surface area contributed by atoms with Gasteiger partial charge < -0.3 is 14.5 Å². The van der Waals surface area contributed by atoms with E-state index in [4.69, 9.17) is 9.15 Å². The molecular formula is C20H20N2O6. The van der Waals surface area contributed by atoms with Crippen molar-refractivity contribution in [1.29, 1.82) is 0 Å². The predicted octanol–water partition coefficient (Wildman–Crippen LogP) is 1.76. The van der Waals surface area contributed by atoms with Crippen LogP contribution in [0.3, 0.4) is 0 Å². The number of carbonyl (C=O) groups is 4. The van der Waals surface area contributed by atoms with Gasteiger partial charge in [-0.2, -0.15) is 0 Å². The third kappa shape index (κ3) is 3.80. The van der Waals surface area contributed by atoms with Crippen LogP contribution in [-0.4, -0.2) is 41.2 Å². The summed E-state index contributed by atoms with van der Waals surface area (Å²) in [6.07, 6.45) is 1.48. The molecule has 0 fully saturated rings. The summed E-state index contributed by atoms with van der Waals surface area (Å²) in [5.41, 5.74) is 0.504. The number of hydrogen-bond acceptors (Lipinski definition) is 6. The van der Waals surface area contributed by atoms with Crippen molar-refractivity contribution in [2.45, 2.75) is 26.4 Å². The fourth-order valence-corrected chi connectivity index (χ4v) is 3.01. The zero-order chi connectivity index (χ0) is 20.3. The van der Waals surface area contributed by atoms with E-state index in [0.29, 0.717) is 5.76 Å². The molecule has 1 aliphatic heterocycles. The number of benzene rings is 1. The lowest BCUT2D eigenvalue weighted by Crippen LogP contribution is -2.49. The topological polar surface area (TPSA) is 106 Å². The minimum atomic E-state index is -1.12. The van der Waals surface area contributed by atoms with Gasteiger partial charge in [0.1, 0.15) is 11.8 Å². The molecule has 0 aliphatic carbocycles. The van der Waals surface area contributed by atoms with Gasteiger partial charge in [-0.05, 0) is 30.2 Å². The first-order valence-electron chi connectivity index (χ1n) is 8.82. The monoisotopic (exact) mass is 384 g/mol. The SMILES string of the molecule is CC(C)[C@@H](C(=O)OCC(=O)NCc1ccco1)N1C(=O)c2ccccc2C1=O. The third-order valence-electron chi connectivity index (χ3n) is 4.36. The lowest BCUT2D eigenvalue weighted by Gasteiger charge is -2.27. The largest absolute Gasteiger partial charge is 0.467 e. The molecule has 8 heteroatoms. The molecule has 0 radical (unpaired) electrons. The van der Waals surface area contributed by atoms with E-state index in [1.54, 1.807) is 50.2 Å². The molecule has 0 unspecified atom stereocenters. The average Bonchev–Trinajstić information content (AvgIpc) is 3.28. The first-order valence-corrected chi connectivity index (χ1v) is 8.82. The third-order valence-corrected chi connectivity index (χ3v) is 4.36. The van der Waals surface area contributed by atoms with E-state index in [-0.39, 0.29) is 23.6 Å². The summed E-state index contributed by atoms with van der Waals surface area (Å²) in [7, 11) is 0. The van der Waals surface area contributed by atoms with Gasteiger partial charge in [0.2, 0.25) is 0 Å². The van der Waals surface area contributed by atoms with Crippen LogP contribution in [0.5, 0.6) is 0 Å². The molecule has 0 spiro atoms. The minimum absolute atomic E-state index is 0.162. The molecular weight excluding hydrogens is 364 g/mol. The molecule has 3 rings (SSSR count). The lowest BCUT2D eigenvalue weighted by atomic mass is 10.0. The minimum Gasteiger partial charge on any atom is -0.467 e. The number of nitrogens with one attached hydrogen (secondary N) is 1.